The number of carbonyl (C=O) groups is 3. The Morgan fingerprint density at radius 3 is 2.33 bits per heavy atom. The number of pyridine rings is 1. The van der Waals surface area contributed by atoms with Crippen molar-refractivity contribution in [2.75, 3.05) is 10.6 Å². The van der Waals surface area contributed by atoms with Gasteiger partial charge in [0.1, 0.15) is 5.82 Å². The molecule has 1 unspecified atom stereocenters. The van der Waals surface area contributed by atoms with Crippen LogP contribution in [0.15, 0.2) is 54.7 Å². The summed E-state index contributed by atoms with van der Waals surface area (Å²) in [7, 11) is 0. The number of nitrogens with zero attached hydrogens (tertiary/aromatic N) is 1. The molecule has 2 amide bonds. The second-order valence-corrected chi connectivity index (χ2v) is 12.3. The standard InChI is InChI=1S/C33H37N3O4/c1-33(2,3)27-14-22(17-30(37)38)15-28(19-27)35-32(40)25-9-6-23-5-4-20(13-26(23)18-25)12-21-10-11-34-29(16-21)36-31(39)24-7-8-24/h4-5,10-11,13-16,19,24-25H,6-9,12,17-18H2,1-3H3,(H,35,40)(H,37,38)(H,34,36,39). The van der Waals surface area contributed by atoms with Gasteiger partial charge >= 0.3 is 5.97 Å². The fourth-order valence-electron chi connectivity index (χ4n) is 5.32. The van der Waals surface area contributed by atoms with Crippen LogP contribution in [-0.2, 0) is 45.5 Å². The maximum atomic E-state index is 13.4. The van der Waals surface area contributed by atoms with Crippen LogP contribution in [0.2, 0.25) is 0 Å². The van der Waals surface area contributed by atoms with E-state index in [-0.39, 0.29) is 35.5 Å². The Morgan fingerprint density at radius 1 is 0.850 bits per heavy atom. The molecule has 2 aromatic carbocycles. The Balaban J connectivity index is 1.27. The van der Waals surface area contributed by atoms with Gasteiger partial charge in [-0.15, -0.1) is 0 Å². The highest BCUT2D eigenvalue weighted by Gasteiger charge is 2.30. The zero-order valence-corrected chi connectivity index (χ0v) is 23.4. The number of aliphatic carboxylic acids is 1. The average Bonchev–Trinajstić information content (AvgIpc) is 3.73. The van der Waals surface area contributed by atoms with Crippen molar-refractivity contribution in [3.63, 3.8) is 0 Å². The third-order valence-electron chi connectivity index (χ3n) is 7.78. The van der Waals surface area contributed by atoms with Crippen molar-refractivity contribution in [2.24, 2.45) is 11.8 Å². The van der Waals surface area contributed by atoms with Crippen molar-refractivity contribution in [2.45, 2.75) is 71.1 Å². The number of hydrogen-bond donors (Lipinski definition) is 3. The van der Waals surface area contributed by atoms with E-state index in [1.54, 1.807) is 12.3 Å². The lowest BCUT2D eigenvalue weighted by molar-refractivity contribution is -0.136. The quantitative estimate of drug-likeness (QED) is 0.341. The molecule has 5 rings (SSSR count). The molecule has 40 heavy (non-hydrogen) atoms. The first-order valence-corrected chi connectivity index (χ1v) is 14.1. The van der Waals surface area contributed by atoms with Crippen molar-refractivity contribution in [3.8, 4) is 0 Å². The first-order valence-electron chi connectivity index (χ1n) is 14.1. The number of amides is 2. The number of benzene rings is 2. The minimum Gasteiger partial charge on any atom is -0.481 e. The van der Waals surface area contributed by atoms with E-state index in [0.717, 1.165) is 42.4 Å². The van der Waals surface area contributed by atoms with Crippen LogP contribution in [0.4, 0.5) is 11.5 Å². The van der Waals surface area contributed by atoms with Crippen LogP contribution < -0.4 is 10.6 Å². The van der Waals surface area contributed by atoms with Gasteiger partial charge in [0.15, 0.2) is 0 Å². The first-order chi connectivity index (χ1) is 19.0. The molecule has 0 radical (unpaired) electrons. The molecule has 3 N–H and O–H groups in total. The van der Waals surface area contributed by atoms with E-state index in [1.165, 1.54) is 11.1 Å². The number of rotatable bonds is 8. The normalized spacial score (nSPS) is 16.6. The van der Waals surface area contributed by atoms with E-state index in [1.807, 2.05) is 24.3 Å². The molecule has 208 valence electrons. The molecule has 1 fully saturated rings. The lowest BCUT2D eigenvalue weighted by Crippen LogP contribution is -2.28. The molecule has 1 atom stereocenters. The smallest absolute Gasteiger partial charge is 0.307 e. The Kier molecular flexibility index (Phi) is 7.74. The average molecular weight is 540 g/mol. The van der Waals surface area contributed by atoms with Gasteiger partial charge in [-0.25, -0.2) is 4.98 Å². The van der Waals surface area contributed by atoms with Gasteiger partial charge < -0.3 is 15.7 Å². The molecule has 1 saturated carbocycles. The molecule has 7 heteroatoms. The van der Waals surface area contributed by atoms with E-state index in [0.29, 0.717) is 29.9 Å². The van der Waals surface area contributed by atoms with Crippen molar-refractivity contribution in [3.05, 3.63) is 88.1 Å². The van der Waals surface area contributed by atoms with Crippen molar-refractivity contribution >= 4 is 29.3 Å². The number of fused-ring (bicyclic) bond motifs is 1. The topological polar surface area (TPSA) is 108 Å². The molecular weight excluding hydrogens is 502 g/mol. The summed E-state index contributed by atoms with van der Waals surface area (Å²) in [4.78, 5) is 41.1. The number of nitrogens with one attached hydrogen (secondary N) is 2. The van der Waals surface area contributed by atoms with Gasteiger partial charge in [-0.05, 0) is 102 Å². The fraction of sp³-hybridized carbons (Fsp3) is 0.394. The van der Waals surface area contributed by atoms with Crippen molar-refractivity contribution in [1.29, 1.82) is 0 Å². The number of hydrogen-bond acceptors (Lipinski definition) is 4. The Labute approximate surface area is 235 Å². The molecule has 1 aromatic heterocycles. The SMILES string of the molecule is CC(C)(C)c1cc(CC(=O)O)cc(NC(=O)C2CCc3ccc(Cc4ccnc(NC(=O)C5CC5)c4)cc3C2)c1. The van der Waals surface area contributed by atoms with E-state index in [2.05, 4.69) is 54.6 Å². The summed E-state index contributed by atoms with van der Waals surface area (Å²) >= 11 is 0. The molecule has 0 bridgehead atoms. The van der Waals surface area contributed by atoms with Gasteiger partial charge in [0.2, 0.25) is 11.8 Å². The molecule has 7 nitrogen and oxygen atoms in total. The highest BCUT2D eigenvalue weighted by molar-refractivity contribution is 5.94. The summed E-state index contributed by atoms with van der Waals surface area (Å²) in [5.74, 6) is -0.320. The zero-order valence-electron chi connectivity index (χ0n) is 23.4. The van der Waals surface area contributed by atoms with Crippen LogP contribution in [0.25, 0.3) is 0 Å². The summed E-state index contributed by atoms with van der Waals surface area (Å²) in [5.41, 5.74) is 6.84. The van der Waals surface area contributed by atoms with Gasteiger partial charge in [-0.2, -0.15) is 0 Å². The molecule has 2 aliphatic carbocycles. The second-order valence-electron chi connectivity index (χ2n) is 12.3. The number of aromatic nitrogens is 1. The first kappa shape index (κ1) is 27.6. The molecule has 2 aliphatic rings. The minimum atomic E-state index is -0.894. The molecule has 0 spiro atoms. The summed E-state index contributed by atoms with van der Waals surface area (Å²) in [5, 5.41) is 15.3. The van der Waals surface area contributed by atoms with Gasteiger partial charge in [-0.1, -0.05) is 45.0 Å². The maximum absolute atomic E-state index is 13.4. The molecule has 3 aromatic rings. The van der Waals surface area contributed by atoms with Crippen LogP contribution in [0.5, 0.6) is 0 Å². The molecular formula is C33H37N3O4. The molecule has 0 aliphatic heterocycles. The number of carboxylic acids is 1. The fourth-order valence-corrected chi connectivity index (χ4v) is 5.32. The van der Waals surface area contributed by atoms with Crippen molar-refractivity contribution < 1.29 is 19.5 Å². The van der Waals surface area contributed by atoms with Crippen LogP contribution >= 0.6 is 0 Å². The number of carbonyl (C=O) groups excluding carboxylic acids is 2. The predicted molar refractivity (Wildman–Crippen MR) is 155 cm³/mol. The number of aryl methyl sites for hydroxylation is 1. The van der Waals surface area contributed by atoms with Crippen LogP contribution in [0.1, 0.15) is 73.4 Å². The zero-order chi connectivity index (χ0) is 28.4. The predicted octanol–water partition coefficient (Wildman–Crippen LogP) is 5.69. The maximum Gasteiger partial charge on any atom is 0.307 e. The number of carboxylic acid groups (broad SMARTS) is 1. The number of anilines is 2. The van der Waals surface area contributed by atoms with E-state index < -0.39 is 5.97 Å². The largest absolute Gasteiger partial charge is 0.481 e. The third kappa shape index (κ3) is 6.95. The highest BCUT2D eigenvalue weighted by atomic mass is 16.4. The van der Waals surface area contributed by atoms with Crippen molar-refractivity contribution in [1.82, 2.24) is 4.98 Å². The summed E-state index contributed by atoms with van der Waals surface area (Å²) in [6.07, 6.45) is 6.54. The minimum absolute atomic E-state index is 0.0337. The lowest BCUT2D eigenvalue weighted by atomic mass is 9.82. The third-order valence-corrected chi connectivity index (χ3v) is 7.78. The summed E-state index contributed by atoms with van der Waals surface area (Å²) < 4.78 is 0. The summed E-state index contributed by atoms with van der Waals surface area (Å²) in [6, 6.07) is 16.0. The highest BCUT2D eigenvalue weighted by Crippen LogP contribution is 2.31. The van der Waals surface area contributed by atoms with Crippen LogP contribution in [0.3, 0.4) is 0 Å². The summed E-state index contributed by atoms with van der Waals surface area (Å²) in [6.45, 7) is 6.22. The molecule has 0 saturated heterocycles. The van der Waals surface area contributed by atoms with Crippen LogP contribution in [-0.4, -0.2) is 27.9 Å². The lowest BCUT2D eigenvalue weighted by Gasteiger charge is -2.25. The van der Waals surface area contributed by atoms with E-state index >= 15 is 0 Å². The van der Waals surface area contributed by atoms with Crippen LogP contribution in [0, 0.1) is 11.8 Å². The van der Waals surface area contributed by atoms with Gasteiger partial charge in [0.05, 0.1) is 6.42 Å². The Morgan fingerprint density at radius 2 is 1.60 bits per heavy atom. The second kappa shape index (κ2) is 11.2. The van der Waals surface area contributed by atoms with Gasteiger partial charge in [0.25, 0.3) is 0 Å². The van der Waals surface area contributed by atoms with Gasteiger partial charge in [0, 0.05) is 23.7 Å². The Hall–Kier alpha value is -4.00. The Bertz CT molecular complexity index is 1450. The van der Waals surface area contributed by atoms with E-state index in [4.69, 9.17) is 0 Å². The van der Waals surface area contributed by atoms with E-state index in [9.17, 15) is 19.5 Å². The van der Waals surface area contributed by atoms with Gasteiger partial charge in [-0.3, -0.25) is 14.4 Å². The monoisotopic (exact) mass is 539 g/mol. The molecule has 1 heterocycles.